The van der Waals surface area contributed by atoms with Gasteiger partial charge < -0.3 is 5.32 Å². The monoisotopic (exact) mass is 283 g/mol. The van der Waals surface area contributed by atoms with E-state index in [0.717, 1.165) is 28.0 Å². The van der Waals surface area contributed by atoms with E-state index in [-0.39, 0.29) is 0 Å². The third-order valence-electron chi connectivity index (χ3n) is 3.32. The number of para-hydroxylation sites is 1. The van der Waals surface area contributed by atoms with Crippen LogP contribution in [0.2, 0.25) is 0 Å². The second-order valence-corrected chi connectivity index (χ2v) is 5.79. The van der Waals surface area contributed by atoms with Crippen molar-refractivity contribution in [1.82, 2.24) is 15.3 Å². The maximum atomic E-state index is 4.58. The molecule has 0 aliphatic carbocycles. The fourth-order valence-electron chi connectivity index (χ4n) is 2.29. The molecule has 3 aromatic rings. The molecule has 0 aliphatic rings. The first-order valence-corrected chi connectivity index (χ1v) is 7.64. The molecular formula is C16H17N3S. The lowest BCUT2D eigenvalue weighted by molar-refractivity contribution is 0.606. The molecule has 1 aromatic carbocycles. The molecule has 3 rings (SSSR count). The first kappa shape index (κ1) is 13.2. The summed E-state index contributed by atoms with van der Waals surface area (Å²) in [5.74, 6) is 0. The largest absolute Gasteiger partial charge is 0.310 e. The van der Waals surface area contributed by atoms with Crippen molar-refractivity contribution in [1.29, 1.82) is 0 Å². The molecule has 0 fully saturated rings. The third-order valence-corrected chi connectivity index (χ3v) is 4.54. The number of pyridine rings is 1. The van der Waals surface area contributed by atoms with Crippen LogP contribution in [0.15, 0.2) is 42.7 Å². The molecule has 2 heterocycles. The van der Waals surface area contributed by atoms with Crippen molar-refractivity contribution in [3.63, 3.8) is 0 Å². The van der Waals surface area contributed by atoms with Gasteiger partial charge in [-0.15, -0.1) is 11.3 Å². The van der Waals surface area contributed by atoms with Crippen molar-refractivity contribution in [2.45, 2.75) is 19.9 Å². The molecular weight excluding hydrogens is 266 g/mol. The first-order chi connectivity index (χ1) is 9.79. The van der Waals surface area contributed by atoms with E-state index >= 15 is 0 Å². The number of nitrogens with zero attached hydrogens (tertiary/aromatic N) is 2. The Morgan fingerprint density at radius 3 is 2.90 bits per heavy atom. The van der Waals surface area contributed by atoms with Crippen LogP contribution in [0.4, 0.5) is 0 Å². The zero-order valence-electron chi connectivity index (χ0n) is 11.6. The highest BCUT2D eigenvalue weighted by Gasteiger charge is 2.12. The minimum atomic E-state index is 0.342. The predicted octanol–water partition coefficient (Wildman–Crippen LogP) is 4.03. The highest BCUT2D eigenvalue weighted by molar-refractivity contribution is 7.15. The molecule has 4 heteroatoms. The number of hydrogen-bond acceptors (Lipinski definition) is 4. The topological polar surface area (TPSA) is 37.8 Å². The number of hydrogen-bond donors (Lipinski definition) is 1. The van der Waals surface area contributed by atoms with Gasteiger partial charge >= 0.3 is 0 Å². The van der Waals surface area contributed by atoms with Gasteiger partial charge in [-0.05, 0) is 25.6 Å². The van der Waals surface area contributed by atoms with Crippen LogP contribution in [0.25, 0.3) is 21.5 Å². The highest BCUT2D eigenvalue weighted by atomic mass is 32.1. The Morgan fingerprint density at radius 1 is 1.20 bits per heavy atom. The summed E-state index contributed by atoms with van der Waals surface area (Å²) in [6, 6.07) is 10.6. The first-order valence-electron chi connectivity index (χ1n) is 6.83. The summed E-state index contributed by atoms with van der Waals surface area (Å²) in [6.07, 6.45) is 3.80. The van der Waals surface area contributed by atoms with Crippen LogP contribution >= 0.6 is 11.3 Å². The zero-order chi connectivity index (χ0) is 13.9. The van der Waals surface area contributed by atoms with Gasteiger partial charge in [-0.25, -0.2) is 4.98 Å². The molecule has 0 bridgehead atoms. The second-order valence-electron chi connectivity index (χ2n) is 4.73. The number of fused-ring (bicyclic) bond motifs is 1. The number of thiazole rings is 1. The fourth-order valence-corrected chi connectivity index (χ4v) is 3.26. The van der Waals surface area contributed by atoms with E-state index in [1.54, 1.807) is 11.3 Å². The number of aromatic nitrogens is 2. The average Bonchev–Trinajstić information content (AvgIpc) is 2.97. The molecule has 102 valence electrons. The van der Waals surface area contributed by atoms with Gasteiger partial charge in [0.15, 0.2) is 0 Å². The van der Waals surface area contributed by atoms with Crippen molar-refractivity contribution < 1.29 is 0 Å². The van der Waals surface area contributed by atoms with Crippen molar-refractivity contribution in [2.75, 3.05) is 6.54 Å². The smallest absolute Gasteiger partial charge is 0.125 e. The molecule has 0 spiro atoms. The normalized spacial score (nSPS) is 12.7. The lowest BCUT2D eigenvalue weighted by Crippen LogP contribution is -2.16. The van der Waals surface area contributed by atoms with E-state index in [2.05, 4.69) is 53.4 Å². The van der Waals surface area contributed by atoms with Crippen LogP contribution < -0.4 is 5.32 Å². The van der Waals surface area contributed by atoms with Gasteiger partial charge in [0.2, 0.25) is 0 Å². The van der Waals surface area contributed by atoms with E-state index in [9.17, 15) is 0 Å². The summed E-state index contributed by atoms with van der Waals surface area (Å²) in [5.41, 5.74) is 2.13. The van der Waals surface area contributed by atoms with Crippen LogP contribution in [0, 0.1) is 0 Å². The highest BCUT2D eigenvalue weighted by Crippen LogP contribution is 2.32. The molecule has 0 radical (unpaired) electrons. The maximum Gasteiger partial charge on any atom is 0.125 e. The summed E-state index contributed by atoms with van der Waals surface area (Å²) in [4.78, 5) is 10.3. The Labute approximate surface area is 122 Å². The number of rotatable bonds is 4. The van der Waals surface area contributed by atoms with E-state index in [4.69, 9.17) is 0 Å². The lowest BCUT2D eigenvalue weighted by Gasteiger charge is -2.08. The minimum absolute atomic E-state index is 0.342. The van der Waals surface area contributed by atoms with Crippen LogP contribution in [0.5, 0.6) is 0 Å². The standard InChI is InChI=1S/C16H17N3S/c1-3-17-11(2)14-10-19-16(20-14)13-8-4-6-12-7-5-9-18-15(12)13/h4-11,17H,3H2,1-2H3. The molecule has 1 unspecified atom stereocenters. The molecule has 20 heavy (non-hydrogen) atoms. The van der Waals surface area contributed by atoms with Crippen molar-refractivity contribution in [3.05, 3.63) is 47.6 Å². The Kier molecular flexibility index (Phi) is 3.76. The molecule has 3 nitrogen and oxygen atoms in total. The number of nitrogens with one attached hydrogen (secondary N) is 1. The average molecular weight is 283 g/mol. The van der Waals surface area contributed by atoms with E-state index in [1.165, 1.54) is 4.88 Å². The third kappa shape index (κ3) is 2.44. The van der Waals surface area contributed by atoms with Gasteiger partial charge in [0.05, 0.1) is 5.52 Å². The van der Waals surface area contributed by atoms with Crippen molar-refractivity contribution in [3.8, 4) is 10.6 Å². The maximum absolute atomic E-state index is 4.58. The zero-order valence-corrected chi connectivity index (χ0v) is 12.4. The van der Waals surface area contributed by atoms with Crippen molar-refractivity contribution in [2.24, 2.45) is 0 Å². The lowest BCUT2D eigenvalue weighted by atomic mass is 10.1. The van der Waals surface area contributed by atoms with Gasteiger partial charge in [0.25, 0.3) is 0 Å². The predicted molar refractivity (Wildman–Crippen MR) is 84.9 cm³/mol. The molecule has 1 atom stereocenters. The van der Waals surface area contributed by atoms with Crippen LogP contribution in [0.3, 0.4) is 0 Å². The number of benzene rings is 1. The summed E-state index contributed by atoms with van der Waals surface area (Å²) in [5, 5.41) is 5.61. The quantitative estimate of drug-likeness (QED) is 0.785. The Bertz CT molecular complexity index is 715. The van der Waals surface area contributed by atoms with Gasteiger partial charge in [-0.3, -0.25) is 4.98 Å². The summed E-state index contributed by atoms with van der Waals surface area (Å²) < 4.78 is 0. The second kappa shape index (κ2) is 5.69. The molecule has 0 saturated carbocycles. The van der Waals surface area contributed by atoms with Crippen LogP contribution in [-0.4, -0.2) is 16.5 Å². The van der Waals surface area contributed by atoms with E-state index in [0.29, 0.717) is 6.04 Å². The SMILES string of the molecule is CCNC(C)c1cnc(-c2cccc3cccnc23)s1. The molecule has 0 saturated heterocycles. The van der Waals surface area contributed by atoms with Crippen LogP contribution in [-0.2, 0) is 0 Å². The van der Waals surface area contributed by atoms with Gasteiger partial charge in [-0.1, -0.05) is 25.1 Å². The minimum Gasteiger partial charge on any atom is -0.310 e. The summed E-state index contributed by atoms with van der Waals surface area (Å²) in [7, 11) is 0. The van der Waals surface area contributed by atoms with Gasteiger partial charge in [0.1, 0.15) is 5.01 Å². The molecule has 0 aliphatic heterocycles. The fraction of sp³-hybridized carbons (Fsp3) is 0.250. The van der Waals surface area contributed by atoms with E-state index in [1.807, 2.05) is 18.5 Å². The molecule has 2 aromatic heterocycles. The Hall–Kier alpha value is -1.78. The summed E-state index contributed by atoms with van der Waals surface area (Å²) >= 11 is 1.74. The molecule has 1 N–H and O–H groups in total. The van der Waals surface area contributed by atoms with Gasteiger partial charge in [-0.2, -0.15) is 0 Å². The van der Waals surface area contributed by atoms with Crippen molar-refractivity contribution >= 4 is 22.2 Å². The van der Waals surface area contributed by atoms with Gasteiger partial charge in [0, 0.05) is 34.3 Å². The Morgan fingerprint density at radius 2 is 2.05 bits per heavy atom. The Balaban J connectivity index is 2.03. The molecule has 0 amide bonds. The van der Waals surface area contributed by atoms with Crippen LogP contribution in [0.1, 0.15) is 24.8 Å². The van der Waals surface area contributed by atoms with E-state index < -0.39 is 0 Å². The summed E-state index contributed by atoms with van der Waals surface area (Å²) in [6.45, 7) is 5.25.